The molecule has 0 aliphatic carbocycles. The number of nitrogens with zero attached hydrogens (tertiary/aromatic N) is 1. The summed E-state index contributed by atoms with van der Waals surface area (Å²) >= 11 is 0. The first-order valence-corrected chi connectivity index (χ1v) is 5.47. The van der Waals surface area contributed by atoms with Crippen molar-refractivity contribution in [2.24, 2.45) is 0 Å². The Kier molecular flexibility index (Phi) is 3.06. The molecule has 0 spiro atoms. The zero-order valence-electron chi connectivity index (χ0n) is 9.96. The van der Waals surface area contributed by atoms with Crippen LogP contribution in [0.3, 0.4) is 0 Å². The van der Waals surface area contributed by atoms with Gasteiger partial charge in [0.15, 0.2) is 0 Å². The van der Waals surface area contributed by atoms with Crippen LogP contribution in [0.2, 0.25) is 0 Å². The summed E-state index contributed by atoms with van der Waals surface area (Å²) in [4.78, 5) is 0. The van der Waals surface area contributed by atoms with Crippen LogP contribution in [0.1, 0.15) is 16.8 Å². The number of aromatic nitrogens is 2. The predicted molar refractivity (Wildman–Crippen MR) is 66.3 cm³/mol. The SMILES string of the molecule is CNCc1cc(-c2ccc(C)c(C)c2)n[nH]1. The Morgan fingerprint density at radius 3 is 2.69 bits per heavy atom. The highest BCUT2D eigenvalue weighted by Gasteiger charge is 2.04. The summed E-state index contributed by atoms with van der Waals surface area (Å²) < 4.78 is 0. The van der Waals surface area contributed by atoms with Crippen LogP contribution in [0.25, 0.3) is 11.3 Å². The van der Waals surface area contributed by atoms with Gasteiger partial charge in [-0.3, -0.25) is 5.10 Å². The fourth-order valence-corrected chi connectivity index (χ4v) is 1.69. The monoisotopic (exact) mass is 215 g/mol. The van der Waals surface area contributed by atoms with Crippen molar-refractivity contribution in [2.45, 2.75) is 20.4 Å². The van der Waals surface area contributed by atoms with E-state index in [1.165, 1.54) is 16.7 Å². The predicted octanol–water partition coefficient (Wildman–Crippen LogP) is 2.41. The van der Waals surface area contributed by atoms with Gasteiger partial charge in [-0.05, 0) is 44.2 Å². The number of benzene rings is 1. The second kappa shape index (κ2) is 4.49. The number of hydrogen-bond acceptors (Lipinski definition) is 2. The van der Waals surface area contributed by atoms with Gasteiger partial charge in [0, 0.05) is 17.8 Å². The number of rotatable bonds is 3. The summed E-state index contributed by atoms with van der Waals surface area (Å²) in [7, 11) is 1.93. The molecule has 2 aromatic rings. The number of hydrogen-bond donors (Lipinski definition) is 2. The van der Waals surface area contributed by atoms with Gasteiger partial charge < -0.3 is 5.32 Å². The van der Waals surface area contributed by atoms with Gasteiger partial charge >= 0.3 is 0 Å². The lowest BCUT2D eigenvalue weighted by Crippen LogP contribution is -2.04. The molecule has 0 unspecified atom stereocenters. The first-order valence-electron chi connectivity index (χ1n) is 5.47. The van der Waals surface area contributed by atoms with Crippen LogP contribution in [0.5, 0.6) is 0 Å². The number of aromatic amines is 1. The summed E-state index contributed by atoms with van der Waals surface area (Å²) in [5, 5.41) is 10.4. The van der Waals surface area contributed by atoms with E-state index in [4.69, 9.17) is 0 Å². The fourth-order valence-electron chi connectivity index (χ4n) is 1.69. The fraction of sp³-hybridized carbons (Fsp3) is 0.308. The standard InChI is InChI=1S/C13H17N3/c1-9-4-5-11(6-10(9)2)13-7-12(8-14-3)15-16-13/h4-7,14H,8H2,1-3H3,(H,15,16). The molecule has 3 nitrogen and oxygen atoms in total. The van der Waals surface area contributed by atoms with E-state index in [2.05, 4.69) is 53.6 Å². The highest BCUT2D eigenvalue weighted by molar-refractivity contribution is 5.61. The maximum Gasteiger partial charge on any atom is 0.0924 e. The molecule has 1 aromatic heterocycles. The molecule has 0 aliphatic rings. The average Bonchev–Trinajstić information content (AvgIpc) is 2.71. The lowest BCUT2D eigenvalue weighted by molar-refractivity contribution is 0.784. The van der Waals surface area contributed by atoms with Gasteiger partial charge in [0.25, 0.3) is 0 Å². The van der Waals surface area contributed by atoms with Gasteiger partial charge in [0.1, 0.15) is 0 Å². The van der Waals surface area contributed by atoms with Crippen molar-refractivity contribution in [1.29, 1.82) is 0 Å². The van der Waals surface area contributed by atoms with E-state index in [9.17, 15) is 0 Å². The summed E-state index contributed by atoms with van der Waals surface area (Å²) in [6, 6.07) is 8.51. The Balaban J connectivity index is 2.31. The van der Waals surface area contributed by atoms with Crippen molar-refractivity contribution in [3.8, 4) is 11.3 Å². The summed E-state index contributed by atoms with van der Waals surface area (Å²) in [6.07, 6.45) is 0. The molecule has 0 atom stereocenters. The number of aryl methyl sites for hydroxylation is 2. The third kappa shape index (κ3) is 2.14. The average molecular weight is 215 g/mol. The second-order valence-electron chi connectivity index (χ2n) is 4.11. The molecule has 1 aromatic carbocycles. The van der Waals surface area contributed by atoms with Gasteiger partial charge in [-0.2, -0.15) is 5.10 Å². The largest absolute Gasteiger partial charge is 0.314 e. The molecule has 0 saturated carbocycles. The quantitative estimate of drug-likeness (QED) is 0.825. The molecule has 84 valence electrons. The zero-order chi connectivity index (χ0) is 11.5. The summed E-state index contributed by atoms with van der Waals surface area (Å²) in [6.45, 7) is 5.06. The first kappa shape index (κ1) is 10.9. The molecule has 3 heteroatoms. The Morgan fingerprint density at radius 2 is 2.00 bits per heavy atom. The van der Waals surface area contributed by atoms with Gasteiger partial charge in [0.05, 0.1) is 5.69 Å². The van der Waals surface area contributed by atoms with Crippen LogP contribution in [-0.2, 0) is 6.54 Å². The molecule has 0 aliphatic heterocycles. The van der Waals surface area contributed by atoms with Crippen molar-refractivity contribution < 1.29 is 0 Å². The van der Waals surface area contributed by atoms with Crippen molar-refractivity contribution in [3.63, 3.8) is 0 Å². The van der Waals surface area contributed by atoms with Crippen LogP contribution >= 0.6 is 0 Å². The molecule has 0 saturated heterocycles. The Bertz CT molecular complexity index is 486. The van der Waals surface area contributed by atoms with Crippen molar-refractivity contribution in [1.82, 2.24) is 15.5 Å². The van der Waals surface area contributed by atoms with Crippen molar-refractivity contribution in [3.05, 3.63) is 41.1 Å². The minimum Gasteiger partial charge on any atom is -0.314 e. The lowest BCUT2D eigenvalue weighted by Gasteiger charge is -2.01. The van der Waals surface area contributed by atoms with Gasteiger partial charge in [-0.25, -0.2) is 0 Å². The van der Waals surface area contributed by atoms with E-state index < -0.39 is 0 Å². The highest BCUT2D eigenvalue weighted by atomic mass is 15.1. The first-order chi connectivity index (χ1) is 7.70. The normalized spacial score (nSPS) is 10.7. The molecule has 0 radical (unpaired) electrons. The summed E-state index contributed by atoms with van der Waals surface area (Å²) in [5.41, 5.74) is 5.90. The van der Waals surface area contributed by atoms with Crippen LogP contribution in [-0.4, -0.2) is 17.2 Å². The smallest absolute Gasteiger partial charge is 0.0924 e. The van der Waals surface area contributed by atoms with E-state index in [0.29, 0.717) is 0 Å². The van der Waals surface area contributed by atoms with Crippen LogP contribution in [0.15, 0.2) is 24.3 Å². The minimum atomic E-state index is 0.817. The molecule has 0 amide bonds. The topological polar surface area (TPSA) is 40.7 Å². The Labute approximate surface area is 95.9 Å². The third-order valence-corrected chi connectivity index (χ3v) is 2.80. The molecule has 16 heavy (non-hydrogen) atoms. The molecular formula is C13H17N3. The maximum atomic E-state index is 4.31. The number of nitrogens with one attached hydrogen (secondary N) is 2. The highest BCUT2D eigenvalue weighted by Crippen LogP contribution is 2.20. The molecule has 2 rings (SSSR count). The van der Waals surface area contributed by atoms with E-state index in [1.807, 2.05) is 7.05 Å². The number of H-pyrrole nitrogens is 1. The van der Waals surface area contributed by atoms with E-state index >= 15 is 0 Å². The molecular weight excluding hydrogens is 198 g/mol. The maximum absolute atomic E-state index is 4.31. The van der Waals surface area contributed by atoms with Crippen LogP contribution in [0.4, 0.5) is 0 Å². The second-order valence-corrected chi connectivity index (χ2v) is 4.11. The summed E-state index contributed by atoms with van der Waals surface area (Å²) in [5.74, 6) is 0. The molecule has 0 fully saturated rings. The minimum absolute atomic E-state index is 0.817. The van der Waals surface area contributed by atoms with Crippen LogP contribution in [0, 0.1) is 13.8 Å². The van der Waals surface area contributed by atoms with Gasteiger partial charge in [0.2, 0.25) is 0 Å². The van der Waals surface area contributed by atoms with Crippen molar-refractivity contribution >= 4 is 0 Å². The molecule has 0 bridgehead atoms. The Hall–Kier alpha value is -1.61. The van der Waals surface area contributed by atoms with Gasteiger partial charge in [-0.1, -0.05) is 12.1 Å². The van der Waals surface area contributed by atoms with E-state index in [-0.39, 0.29) is 0 Å². The lowest BCUT2D eigenvalue weighted by atomic mass is 10.0. The van der Waals surface area contributed by atoms with E-state index in [1.54, 1.807) is 0 Å². The molecule has 1 heterocycles. The zero-order valence-corrected chi connectivity index (χ0v) is 9.96. The Morgan fingerprint density at radius 1 is 1.19 bits per heavy atom. The van der Waals surface area contributed by atoms with Gasteiger partial charge in [-0.15, -0.1) is 0 Å². The third-order valence-electron chi connectivity index (χ3n) is 2.80. The molecule has 2 N–H and O–H groups in total. The van der Waals surface area contributed by atoms with E-state index in [0.717, 1.165) is 17.9 Å². The van der Waals surface area contributed by atoms with Crippen molar-refractivity contribution in [2.75, 3.05) is 7.05 Å². The van der Waals surface area contributed by atoms with Crippen LogP contribution < -0.4 is 5.32 Å².